The van der Waals surface area contributed by atoms with Gasteiger partial charge in [-0.05, 0) is 78.9 Å². The zero-order chi connectivity index (χ0) is 29.9. The lowest BCUT2D eigenvalue weighted by molar-refractivity contribution is 0.0536. The second-order valence-corrected chi connectivity index (χ2v) is 12.0. The molecule has 42 heavy (non-hydrogen) atoms. The van der Waals surface area contributed by atoms with E-state index in [1.807, 2.05) is 0 Å². The number of ether oxygens (including phenoxy) is 1. The molecule has 2 N–H and O–H groups in total. The van der Waals surface area contributed by atoms with E-state index < -0.39 is 15.9 Å². The normalized spacial score (nSPS) is 13.5. The van der Waals surface area contributed by atoms with Crippen molar-refractivity contribution >= 4 is 50.7 Å². The summed E-state index contributed by atoms with van der Waals surface area (Å²) in [5, 5.41) is 10.2. The molecule has 0 saturated carbocycles. The maximum absolute atomic E-state index is 13.5. The Kier molecular flexibility index (Phi) is 8.58. The number of benzene rings is 4. The summed E-state index contributed by atoms with van der Waals surface area (Å²) < 4.78 is 34.7. The Hall–Kier alpha value is -4.25. The van der Waals surface area contributed by atoms with Crippen molar-refractivity contribution in [2.45, 2.75) is 4.90 Å². The zero-order valence-corrected chi connectivity index (χ0v) is 24.4. The molecule has 1 aliphatic heterocycles. The molecule has 1 fully saturated rings. The maximum Gasteiger partial charge on any atom is 0.261 e. The summed E-state index contributed by atoms with van der Waals surface area (Å²) in [6, 6.07) is 23.0. The summed E-state index contributed by atoms with van der Waals surface area (Å²) in [4.78, 5) is 29.4. The summed E-state index contributed by atoms with van der Waals surface area (Å²) in [6.45, 7) is 1.06. The summed E-state index contributed by atoms with van der Waals surface area (Å²) in [5.41, 5.74) is 0.592. The molecule has 5 rings (SSSR count). The number of para-hydroxylation sites is 1. The topological polar surface area (TPSA) is 116 Å². The Labute approximate surface area is 252 Å². The van der Waals surface area contributed by atoms with E-state index in [0.717, 1.165) is 0 Å². The number of hydrogen-bond acceptors (Lipinski definition) is 6. The minimum absolute atomic E-state index is 0.0382. The smallest absolute Gasteiger partial charge is 0.261 e. The molecule has 2 amide bonds. The number of carbonyl (C=O) groups is 2. The Balaban J connectivity index is 1.28. The number of carbonyl (C=O) groups excluding carboxylic acids is 2. The van der Waals surface area contributed by atoms with E-state index in [9.17, 15) is 23.1 Å². The van der Waals surface area contributed by atoms with Crippen LogP contribution in [-0.4, -0.2) is 61.3 Å². The molecule has 1 saturated heterocycles. The molecule has 9 nitrogen and oxygen atoms in total. The summed E-state index contributed by atoms with van der Waals surface area (Å²) in [6.07, 6.45) is 0. The number of phenols is 1. The van der Waals surface area contributed by atoms with E-state index in [0.29, 0.717) is 22.1 Å². The van der Waals surface area contributed by atoms with Gasteiger partial charge in [-0.3, -0.25) is 14.3 Å². The molecular weight excluding hydrogens is 601 g/mol. The molecule has 0 spiro atoms. The molecule has 1 heterocycles. The first kappa shape index (κ1) is 29.2. The first-order valence-corrected chi connectivity index (χ1v) is 15.1. The van der Waals surface area contributed by atoms with Gasteiger partial charge in [0.25, 0.3) is 21.8 Å². The van der Waals surface area contributed by atoms with E-state index in [1.54, 1.807) is 46.2 Å². The third-order valence-corrected chi connectivity index (χ3v) is 8.55. The predicted octanol–water partition coefficient (Wildman–Crippen LogP) is 5.89. The molecule has 4 aromatic carbocycles. The van der Waals surface area contributed by atoms with Gasteiger partial charge >= 0.3 is 0 Å². The van der Waals surface area contributed by atoms with Crippen LogP contribution < -0.4 is 9.46 Å². The number of nitrogens with one attached hydrogen (secondary N) is 1. The van der Waals surface area contributed by atoms with Gasteiger partial charge in [0.1, 0.15) is 17.2 Å². The van der Waals surface area contributed by atoms with Crippen LogP contribution in [0.2, 0.25) is 10.0 Å². The SMILES string of the molecule is O=C(c1ccc(O)cc1)N1CCN(C(=O)c2cc(Cl)ccc2NS(=O)(=O)c2ccc(Oc3ccccc3Cl)cc2)CC1. The highest BCUT2D eigenvalue weighted by atomic mass is 35.5. The number of phenolic OH excluding ortho intramolecular Hbond substituents is 1. The highest BCUT2D eigenvalue weighted by Crippen LogP contribution is 2.30. The highest BCUT2D eigenvalue weighted by molar-refractivity contribution is 7.92. The van der Waals surface area contributed by atoms with Gasteiger partial charge in [0.15, 0.2) is 0 Å². The molecule has 4 aromatic rings. The number of amides is 2. The first-order valence-electron chi connectivity index (χ1n) is 12.8. The Morgan fingerprint density at radius 1 is 0.786 bits per heavy atom. The minimum Gasteiger partial charge on any atom is -0.508 e. The average molecular weight is 627 g/mol. The standard InChI is InChI=1S/C30H25Cl2N3O6S/c31-21-7-14-27(33-42(39,40)24-12-10-23(11-13-24)41-28-4-2-1-3-26(28)32)25(19-21)30(38)35-17-15-34(16-18-35)29(37)20-5-8-22(36)9-6-20/h1-14,19,33,36H,15-18H2. The van der Waals surface area contributed by atoms with E-state index in [2.05, 4.69) is 4.72 Å². The van der Waals surface area contributed by atoms with Crippen LogP contribution >= 0.6 is 23.2 Å². The van der Waals surface area contributed by atoms with Gasteiger partial charge in [-0.25, -0.2) is 8.42 Å². The number of hydrogen-bond donors (Lipinski definition) is 2. The molecule has 0 radical (unpaired) electrons. The van der Waals surface area contributed by atoms with Crippen molar-refractivity contribution in [3.8, 4) is 17.2 Å². The fourth-order valence-corrected chi connectivity index (χ4v) is 5.82. The van der Waals surface area contributed by atoms with Gasteiger partial charge in [0.2, 0.25) is 0 Å². The summed E-state index contributed by atoms with van der Waals surface area (Å²) >= 11 is 12.3. The summed E-state index contributed by atoms with van der Waals surface area (Å²) in [7, 11) is -4.08. The molecule has 0 aliphatic carbocycles. The van der Waals surface area contributed by atoms with E-state index in [1.165, 1.54) is 54.6 Å². The van der Waals surface area contributed by atoms with Gasteiger partial charge in [-0.1, -0.05) is 35.3 Å². The first-order chi connectivity index (χ1) is 20.1. The van der Waals surface area contributed by atoms with Crippen molar-refractivity contribution in [1.29, 1.82) is 0 Å². The van der Waals surface area contributed by atoms with Crippen LogP contribution in [0.4, 0.5) is 5.69 Å². The van der Waals surface area contributed by atoms with Gasteiger partial charge in [-0.15, -0.1) is 0 Å². The Bertz CT molecular complexity index is 1720. The van der Waals surface area contributed by atoms with Gasteiger partial charge in [0, 0.05) is 36.8 Å². The second-order valence-electron chi connectivity index (χ2n) is 9.43. The van der Waals surface area contributed by atoms with Crippen LogP contribution in [0.1, 0.15) is 20.7 Å². The monoisotopic (exact) mass is 625 g/mol. The fourth-order valence-electron chi connectivity index (χ4n) is 4.40. The minimum atomic E-state index is -4.08. The number of nitrogens with zero attached hydrogens (tertiary/aromatic N) is 2. The molecule has 216 valence electrons. The van der Waals surface area contributed by atoms with E-state index in [-0.39, 0.29) is 59.0 Å². The van der Waals surface area contributed by atoms with Gasteiger partial charge in [-0.2, -0.15) is 0 Å². The maximum atomic E-state index is 13.5. The van der Waals surface area contributed by atoms with Crippen LogP contribution in [0.15, 0.2) is 95.9 Å². The molecule has 0 aromatic heterocycles. The molecule has 0 bridgehead atoms. The summed E-state index contributed by atoms with van der Waals surface area (Å²) in [5.74, 6) is 0.265. The van der Waals surface area contributed by atoms with Crippen molar-refractivity contribution in [3.63, 3.8) is 0 Å². The number of anilines is 1. The van der Waals surface area contributed by atoms with Gasteiger partial charge < -0.3 is 19.6 Å². The molecule has 0 atom stereocenters. The number of rotatable bonds is 7. The second kappa shape index (κ2) is 12.3. The van der Waals surface area contributed by atoms with E-state index in [4.69, 9.17) is 27.9 Å². The highest BCUT2D eigenvalue weighted by Gasteiger charge is 2.28. The quantitative estimate of drug-likeness (QED) is 0.264. The number of halogens is 2. The predicted molar refractivity (Wildman–Crippen MR) is 160 cm³/mol. The lowest BCUT2D eigenvalue weighted by Gasteiger charge is -2.35. The van der Waals surface area contributed by atoms with Crippen molar-refractivity contribution in [3.05, 3.63) is 112 Å². The van der Waals surface area contributed by atoms with Crippen molar-refractivity contribution in [2.75, 3.05) is 30.9 Å². The number of aromatic hydroxyl groups is 1. The van der Waals surface area contributed by atoms with Crippen LogP contribution in [0.3, 0.4) is 0 Å². The Morgan fingerprint density at radius 3 is 2.05 bits per heavy atom. The molecule has 12 heteroatoms. The van der Waals surface area contributed by atoms with Crippen LogP contribution in [0.5, 0.6) is 17.2 Å². The molecule has 1 aliphatic rings. The third kappa shape index (κ3) is 6.62. The molecular formula is C30H25Cl2N3O6S. The van der Waals surface area contributed by atoms with Crippen molar-refractivity contribution < 1.29 is 27.9 Å². The fraction of sp³-hybridized carbons (Fsp3) is 0.133. The lowest BCUT2D eigenvalue weighted by Crippen LogP contribution is -2.50. The molecule has 0 unspecified atom stereocenters. The van der Waals surface area contributed by atoms with Gasteiger partial charge in [0.05, 0.1) is 21.2 Å². The number of piperazine rings is 1. The van der Waals surface area contributed by atoms with E-state index >= 15 is 0 Å². The third-order valence-electron chi connectivity index (χ3n) is 6.62. The zero-order valence-electron chi connectivity index (χ0n) is 22.0. The average Bonchev–Trinajstić information content (AvgIpc) is 2.99. The van der Waals surface area contributed by atoms with Crippen molar-refractivity contribution in [1.82, 2.24) is 9.80 Å². The van der Waals surface area contributed by atoms with Crippen LogP contribution in [-0.2, 0) is 10.0 Å². The lowest BCUT2D eigenvalue weighted by atomic mass is 10.1. The largest absolute Gasteiger partial charge is 0.508 e. The van der Waals surface area contributed by atoms with Crippen LogP contribution in [0.25, 0.3) is 0 Å². The van der Waals surface area contributed by atoms with Crippen molar-refractivity contribution in [2.24, 2.45) is 0 Å². The van der Waals surface area contributed by atoms with Crippen LogP contribution in [0, 0.1) is 0 Å². The Morgan fingerprint density at radius 2 is 1.40 bits per heavy atom. The number of sulfonamides is 1.